The van der Waals surface area contributed by atoms with E-state index in [-0.39, 0.29) is 5.43 Å². The van der Waals surface area contributed by atoms with Crippen molar-refractivity contribution in [1.82, 2.24) is 4.57 Å². The van der Waals surface area contributed by atoms with Crippen LogP contribution in [-0.2, 0) is 7.05 Å². The summed E-state index contributed by atoms with van der Waals surface area (Å²) in [5.41, 5.74) is 5.30. The third-order valence-electron chi connectivity index (χ3n) is 4.20. The number of benzene rings is 2. The summed E-state index contributed by atoms with van der Waals surface area (Å²) in [4.78, 5) is 13.0. The summed E-state index contributed by atoms with van der Waals surface area (Å²) in [7, 11) is 1.91. The summed E-state index contributed by atoms with van der Waals surface area (Å²) in [5.74, 6) is 0. The lowest BCUT2D eigenvalue weighted by Gasteiger charge is -2.11. The summed E-state index contributed by atoms with van der Waals surface area (Å²) in [5, 5.41) is 0.912. The van der Waals surface area contributed by atoms with Gasteiger partial charge >= 0.3 is 0 Å². The second-order valence-electron chi connectivity index (χ2n) is 6.01. The average Bonchev–Trinajstić information content (AvgIpc) is 2.54. The van der Waals surface area contributed by atoms with Crippen LogP contribution in [0.5, 0.6) is 0 Å². The molecule has 0 aliphatic heterocycles. The molecule has 0 atom stereocenters. The summed E-state index contributed by atoms with van der Waals surface area (Å²) in [6.07, 6.45) is 3.67. The quantitative estimate of drug-likeness (QED) is 0.581. The Balaban J connectivity index is 2.23. The van der Waals surface area contributed by atoms with Crippen molar-refractivity contribution in [2.75, 3.05) is 0 Å². The lowest BCUT2D eigenvalue weighted by molar-refractivity contribution is 0.904. The Kier molecular flexibility index (Phi) is 4.53. The van der Waals surface area contributed by atoms with Crippen molar-refractivity contribution in [1.29, 1.82) is 0 Å². The van der Waals surface area contributed by atoms with Gasteiger partial charge in [0.25, 0.3) is 0 Å². The standard InChI is InChI=1S/C20H17Cl2NO/c1-12-4-5-14(8-13(12)2)16-10-23(3)11-17(20(16)24)15-6-7-18(21)19(22)9-15/h4-11H,1-3H3. The van der Waals surface area contributed by atoms with Gasteiger partial charge in [0.15, 0.2) is 5.43 Å². The van der Waals surface area contributed by atoms with Crippen molar-refractivity contribution >= 4 is 23.2 Å². The van der Waals surface area contributed by atoms with Crippen molar-refractivity contribution in [2.45, 2.75) is 13.8 Å². The molecule has 0 radical (unpaired) electrons. The summed E-state index contributed by atoms with van der Waals surface area (Å²) in [6.45, 7) is 4.11. The maximum Gasteiger partial charge on any atom is 0.197 e. The van der Waals surface area contributed by atoms with Crippen LogP contribution in [-0.4, -0.2) is 4.57 Å². The Hall–Kier alpha value is -2.03. The van der Waals surface area contributed by atoms with Gasteiger partial charge in [-0.05, 0) is 48.2 Å². The van der Waals surface area contributed by atoms with E-state index in [0.29, 0.717) is 21.2 Å². The maximum absolute atomic E-state index is 13.0. The van der Waals surface area contributed by atoms with E-state index in [1.807, 2.05) is 55.2 Å². The Morgan fingerprint density at radius 3 is 1.96 bits per heavy atom. The first-order valence-corrected chi connectivity index (χ1v) is 8.36. The minimum atomic E-state index is -0.0188. The van der Waals surface area contributed by atoms with Gasteiger partial charge in [0, 0.05) is 30.6 Å². The van der Waals surface area contributed by atoms with Crippen LogP contribution in [0.3, 0.4) is 0 Å². The lowest BCUT2D eigenvalue weighted by atomic mass is 9.98. The van der Waals surface area contributed by atoms with Gasteiger partial charge in [-0.3, -0.25) is 4.79 Å². The SMILES string of the molecule is Cc1ccc(-c2cn(C)cc(-c3ccc(Cl)c(Cl)c3)c2=O)cc1C. The van der Waals surface area contributed by atoms with Gasteiger partial charge < -0.3 is 4.57 Å². The molecule has 0 N–H and O–H groups in total. The first-order valence-electron chi connectivity index (χ1n) is 7.60. The van der Waals surface area contributed by atoms with Crippen LogP contribution in [0.2, 0.25) is 10.0 Å². The smallest absolute Gasteiger partial charge is 0.197 e. The van der Waals surface area contributed by atoms with Crippen LogP contribution in [0.15, 0.2) is 53.6 Å². The van der Waals surface area contributed by atoms with E-state index in [1.54, 1.807) is 12.1 Å². The molecule has 0 bridgehead atoms. The second-order valence-corrected chi connectivity index (χ2v) is 6.82. The van der Waals surface area contributed by atoms with Crippen LogP contribution in [0.4, 0.5) is 0 Å². The van der Waals surface area contributed by atoms with Crippen molar-refractivity contribution in [3.05, 3.63) is 80.2 Å². The normalized spacial score (nSPS) is 10.9. The zero-order valence-electron chi connectivity index (χ0n) is 13.7. The van der Waals surface area contributed by atoms with Gasteiger partial charge in [0.05, 0.1) is 10.0 Å². The van der Waals surface area contributed by atoms with Crippen LogP contribution in [0.25, 0.3) is 22.3 Å². The van der Waals surface area contributed by atoms with Crippen LogP contribution in [0.1, 0.15) is 11.1 Å². The highest BCUT2D eigenvalue weighted by atomic mass is 35.5. The second kappa shape index (κ2) is 6.46. The van der Waals surface area contributed by atoms with Gasteiger partial charge in [0.2, 0.25) is 0 Å². The van der Waals surface area contributed by atoms with E-state index in [2.05, 4.69) is 6.92 Å². The fraction of sp³-hybridized carbons (Fsp3) is 0.150. The predicted octanol–water partition coefficient (Wildman–Crippen LogP) is 5.64. The van der Waals surface area contributed by atoms with E-state index in [0.717, 1.165) is 16.7 Å². The monoisotopic (exact) mass is 357 g/mol. The third-order valence-corrected chi connectivity index (χ3v) is 4.94. The van der Waals surface area contributed by atoms with E-state index < -0.39 is 0 Å². The Bertz CT molecular complexity index is 914. The Labute approximate surface area is 151 Å². The molecule has 122 valence electrons. The topological polar surface area (TPSA) is 22.0 Å². The first kappa shape index (κ1) is 16.8. The lowest BCUT2D eigenvalue weighted by Crippen LogP contribution is -2.11. The fourth-order valence-corrected chi connectivity index (χ4v) is 2.99. The molecule has 0 saturated carbocycles. The molecule has 4 heteroatoms. The highest BCUT2D eigenvalue weighted by Gasteiger charge is 2.12. The van der Waals surface area contributed by atoms with Crippen LogP contribution < -0.4 is 5.43 Å². The van der Waals surface area contributed by atoms with Crippen LogP contribution >= 0.6 is 23.2 Å². The molecule has 3 rings (SSSR count). The first-order chi connectivity index (χ1) is 11.4. The molecule has 0 aliphatic rings. The minimum Gasteiger partial charge on any atom is -0.356 e. The molecular formula is C20H17Cl2NO. The average molecular weight is 358 g/mol. The molecule has 2 aromatic carbocycles. The number of hydrogen-bond acceptors (Lipinski definition) is 1. The molecule has 0 spiro atoms. The van der Waals surface area contributed by atoms with Crippen LogP contribution in [0, 0.1) is 13.8 Å². The highest BCUT2D eigenvalue weighted by molar-refractivity contribution is 6.42. The molecule has 1 heterocycles. The van der Waals surface area contributed by atoms with E-state index in [4.69, 9.17) is 23.2 Å². The maximum atomic E-state index is 13.0. The zero-order valence-corrected chi connectivity index (χ0v) is 15.2. The Morgan fingerprint density at radius 2 is 1.38 bits per heavy atom. The largest absolute Gasteiger partial charge is 0.356 e. The van der Waals surface area contributed by atoms with Crippen molar-refractivity contribution < 1.29 is 0 Å². The number of aromatic nitrogens is 1. The molecule has 0 amide bonds. The number of halogens is 2. The highest BCUT2D eigenvalue weighted by Crippen LogP contribution is 2.28. The van der Waals surface area contributed by atoms with Crippen molar-refractivity contribution in [3.63, 3.8) is 0 Å². The molecule has 2 nitrogen and oxygen atoms in total. The number of hydrogen-bond donors (Lipinski definition) is 0. The molecule has 1 aromatic heterocycles. The summed E-state index contributed by atoms with van der Waals surface area (Å²) < 4.78 is 1.89. The van der Waals surface area contributed by atoms with Gasteiger partial charge in [-0.2, -0.15) is 0 Å². The van der Waals surface area contributed by atoms with E-state index >= 15 is 0 Å². The number of nitrogens with zero attached hydrogens (tertiary/aromatic N) is 1. The molecule has 0 unspecified atom stereocenters. The van der Waals surface area contributed by atoms with Crippen molar-refractivity contribution in [3.8, 4) is 22.3 Å². The van der Waals surface area contributed by atoms with Gasteiger partial charge in [-0.15, -0.1) is 0 Å². The van der Waals surface area contributed by atoms with Gasteiger partial charge in [-0.25, -0.2) is 0 Å². The minimum absolute atomic E-state index is 0.0188. The molecule has 0 saturated heterocycles. The third kappa shape index (κ3) is 3.12. The molecule has 0 fully saturated rings. The van der Waals surface area contributed by atoms with Gasteiger partial charge in [0.1, 0.15) is 0 Å². The molecule has 24 heavy (non-hydrogen) atoms. The predicted molar refractivity (Wildman–Crippen MR) is 102 cm³/mol. The van der Waals surface area contributed by atoms with Crippen molar-refractivity contribution in [2.24, 2.45) is 7.05 Å². The molecule has 0 aliphatic carbocycles. The fourth-order valence-electron chi connectivity index (χ4n) is 2.69. The van der Waals surface area contributed by atoms with E-state index in [1.165, 1.54) is 5.56 Å². The molecular weight excluding hydrogens is 341 g/mol. The number of pyridine rings is 1. The number of rotatable bonds is 2. The zero-order chi connectivity index (χ0) is 17.4. The molecule has 3 aromatic rings. The summed E-state index contributed by atoms with van der Waals surface area (Å²) >= 11 is 12.1. The summed E-state index contributed by atoms with van der Waals surface area (Å²) in [6, 6.07) is 11.3. The number of aryl methyl sites for hydroxylation is 3. The van der Waals surface area contributed by atoms with Gasteiger partial charge in [-0.1, -0.05) is 47.5 Å². The van der Waals surface area contributed by atoms with E-state index in [9.17, 15) is 4.79 Å². The Morgan fingerprint density at radius 1 is 0.792 bits per heavy atom.